The van der Waals surface area contributed by atoms with Crippen molar-refractivity contribution < 1.29 is 9.64 Å². The fraction of sp³-hybridized carbons (Fsp3) is 0.294. The van der Waals surface area contributed by atoms with Crippen LogP contribution in [0.25, 0.3) is 0 Å². The lowest BCUT2D eigenvalue weighted by Gasteiger charge is -2.33. The van der Waals surface area contributed by atoms with Gasteiger partial charge in [0, 0.05) is 9.79 Å². The summed E-state index contributed by atoms with van der Waals surface area (Å²) in [5.41, 5.74) is 2.59. The highest BCUT2D eigenvalue weighted by atomic mass is 32.2. The van der Waals surface area contributed by atoms with E-state index in [1.54, 1.807) is 7.11 Å². The number of ether oxygens (including phenoxy) is 1. The van der Waals surface area contributed by atoms with Gasteiger partial charge in [0.2, 0.25) is 0 Å². The molecule has 21 heavy (non-hydrogen) atoms. The lowest BCUT2D eigenvalue weighted by atomic mass is 10.2. The van der Waals surface area contributed by atoms with Crippen molar-refractivity contribution in [3.05, 3.63) is 42.5 Å². The molecule has 0 radical (unpaired) electrons. The Labute approximate surface area is 130 Å². The van der Waals surface area contributed by atoms with Crippen LogP contribution in [0.4, 0.5) is 11.4 Å². The molecule has 4 heteroatoms. The van der Waals surface area contributed by atoms with Crippen molar-refractivity contribution in [1.29, 1.82) is 0 Å². The van der Waals surface area contributed by atoms with E-state index in [-0.39, 0.29) is 0 Å². The molecule has 2 aromatic rings. The quantitative estimate of drug-likeness (QED) is 0.935. The van der Waals surface area contributed by atoms with Gasteiger partial charge in [0.15, 0.2) is 0 Å². The third kappa shape index (κ3) is 2.87. The van der Waals surface area contributed by atoms with Crippen LogP contribution in [-0.2, 0) is 0 Å². The Morgan fingerprint density at radius 2 is 1.81 bits per heavy atom. The smallest absolute Gasteiger partial charge is 0.120 e. The van der Waals surface area contributed by atoms with Gasteiger partial charge in [0.05, 0.1) is 45.7 Å². The summed E-state index contributed by atoms with van der Waals surface area (Å²) in [6.45, 7) is 2.11. The van der Waals surface area contributed by atoms with Gasteiger partial charge in [-0.2, -0.15) is 0 Å². The first-order valence-electron chi connectivity index (χ1n) is 7.20. The lowest BCUT2D eigenvalue weighted by molar-refractivity contribution is -0.856. The Kier molecular flexibility index (Phi) is 4.08. The second-order valence-corrected chi connectivity index (χ2v) is 6.60. The van der Waals surface area contributed by atoms with E-state index in [1.807, 2.05) is 17.8 Å². The van der Waals surface area contributed by atoms with Gasteiger partial charge in [-0.15, -0.1) is 0 Å². The molecule has 1 aliphatic rings. The molecule has 3 nitrogen and oxygen atoms in total. The molecule has 0 spiro atoms. The molecule has 0 bridgehead atoms. The van der Waals surface area contributed by atoms with E-state index in [0.29, 0.717) is 0 Å². The molecular weight excluding hydrogens is 280 g/mol. The monoisotopic (exact) mass is 301 g/mol. The number of anilines is 2. The van der Waals surface area contributed by atoms with Crippen LogP contribution in [0, 0.1) is 0 Å². The molecule has 0 unspecified atom stereocenters. The van der Waals surface area contributed by atoms with E-state index < -0.39 is 0 Å². The molecule has 0 saturated heterocycles. The van der Waals surface area contributed by atoms with Crippen molar-refractivity contribution >= 4 is 23.1 Å². The van der Waals surface area contributed by atoms with Crippen LogP contribution < -0.4 is 14.5 Å². The lowest BCUT2D eigenvalue weighted by Crippen LogP contribution is -3.06. The van der Waals surface area contributed by atoms with Crippen LogP contribution in [0.3, 0.4) is 0 Å². The first kappa shape index (κ1) is 14.3. The van der Waals surface area contributed by atoms with Gasteiger partial charge in [-0.25, -0.2) is 0 Å². The summed E-state index contributed by atoms with van der Waals surface area (Å²) in [6.07, 6.45) is 0. The summed E-state index contributed by atoms with van der Waals surface area (Å²) in [5.74, 6) is 0.916. The van der Waals surface area contributed by atoms with Gasteiger partial charge >= 0.3 is 0 Å². The van der Waals surface area contributed by atoms with E-state index >= 15 is 0 Å². The number of nitrogens with one attached hydrogen (secondary N) is 1. The number of hydrogen-bond acceptors (Lipinski definition) is 3. The molecule has 0 fully saturated rings. The zero-order chi connectivity index (χ0) is 14.8. The van der Waals surface area contributed by atoms with E-state index in [1.165, 1.54) is 26.1 Å². The molecule has 0 aromatic heterocycles. The topological polar surface area (TPSA) is 16.9 Å². The SMILES string of the molecule is COc1ccc2c(c1)Sc1ccccc1N2CC[NH+](C)C. The number of likely N-dealkylation sites (N-methyl/N-ethyl adjacent to an activating group) is 1. The number of para-hydroxylation sites is 1. The molecule has 0 saturated carbocycles. The zero-order valence-corrected chi connectivity index (χ0v) is 13.5. The second kappa shape index (κ2) is 6.00. The largest absolute Gasteiger partial charge is 0.497 e. The van der Waals surface area contributed by atoms with E-state index in [4.69, 9.17) is 4.74 Å². The van der Waals surface area contributed by atoms with E-state index in [2.05, 4.69) is 55.4 Å². The predicted octanol–water partition coefficient (Wildman–Crippen LogP) is 2.44. The average Bonchev–Trinajstić information content (AvgIpc) is 2.50. The number of quaternary nitrogens is 1. The number of hydrogen-bond donors (Lipinski definition) is 1. The Balaban J connectivity index is 2.02. The molecule has 0 amide bonds. The van der Waals surface area contributed by atoms with E-state index in [0.717, 1.165) is 18.8 Å². The second-order valence-electron chi connectivity index (χ2n) is 5.51. The Morgan fingerprint density at radius 1 is 1.05 bits per heavy atom. The molecule has 3 rings (SSSR count). The summed E-state index contributed by atoms with van der Waals surface area (Å²) in [5, 5.41) is 0. The fourth-order valence-corrected chi connectivity index (χ4v) is 3.64. The Bertz CT molecular complexity index is 642. The third-order valence-corrected chi connectivity index (χ3v) is 4.78. The standard InChI is InChI=1S/C17H20N2OS/c1-18(2)10-11-19-14-6-4-5-7-16(14)21-17-12-13(20-3)8-9-15(17)19/h4-9,12H,10-11H2,1-3H3/p+1. The van der Waals surface area contributed by atoms with Gasteiger partial charge < -0.3 is 14.5 Å². The maximum atomic E-state index is 5.37. The van der Waals surface area contributed by atoms with Crippen LogP contribution in [0.15, 0.2) is 52.3 Å². The normalized spacial score (nSPS) is 13.0. The highest BCUT2D eigenvalue weighted by Gasteiger charge is 2.23. The van der Waals surface area contributed by atoms with Crippen molar-refractivity contribution in [2.45, 2.75) is 9.79 Å². The third-order valence-electron chi connectivity index (χ3n) is 3.67. The van der Waals surface area contributed by atoms with Crippen molar-refractivity contribution in [3.63, 3.8) is 0 Å². The van der Waals surface area contributed by atoms with Crippen LogP contribution in [0.1, 0.15) is 0 Å². The van der Waals surface area contributed by atoms with Gasteiger partial charge in [-0.05, 0) is 30.3 Å². The molecule has 110 valence electrons. The molecule has 1 aliphatic heterocycles. The van der Waals surface area contributed by atoms with Gasteiger partial charge in [0.25, 0.3) is 0 Å². The van der Waals surface area contributed by atoms with E-state index in [9.17, 15) is 0 Å². The minimum absolute atomic E-state index is 0.916. The Morgan fingerprint density at radius 3 is 2.57 bits per heavy atom. The number of benzene rings is 2. The van der Waals surface area contributed by atoms with Crippen LogP contribution in [0.5, 0.6) is 5.75 Å². The highest BCUT2D eigenvalue weighted by Crippen LogP contribution is 2.48. The molecule has 1 heterocycles. The van der Waals surface area contributed by atoms with Crippen molar-refractivity contribution in [3.8, 4) is 5.75 Å². The minimum Gasteiger partial charge on any atom is -0.497 e. The average molecular weight is 301 g/mol. The molecule has 1 N–H and O–H groups in total. The molecule has 0 atom stereocenters. The first-order valence-corrected chi connectivity index (χ1v) is 8.02. The predicted molar refractivity (Wildman–Crippen MR) is 88.2 cm³/mol. The van der Waals surface area contributed by atoms with Crippen LogP contribution in [0.2, 0.25) is 0 Å². The first-order chi connectivity index (χ1) is 10.2. The Hall–Kier alpha value is -1.65. The molecule has 0 aliphatic carbocycles. The number of rotatable bonds is 4. The van der Waals surface area contributed by atoms with Crippen molar-refractivity contribution in [1.82, 2.24) is 0 Å². The summed E-state index contributed by atoms with van der Waals surface area (Å²) >= 11 is 1.82. The maximum absolute atomic E-state index is 5.37. The van der Waals surface area contributed by atoms with Gasteiger partial charge in [-0.3, -0.25) is 0 Å². The van der Waals surface area contributed by atoms with Gasteiger partial charge in [-0.1, -0.05) is 23.9 Å². The summed E-state index contributed by atoms with van der Waals surface area (Å²) in [4.78, 5) is 6.46. The molecule has 2 aromatic carbocycles. The summed E-state index contributed by atoms with van der Waals surface area (Å²) in [6, 6.07) is 15.0. The maximum Gasteiger partial charge on any atom is 0.120 e. The minimum atomic E-state index is 0.916. The van der Waals surface area contributed by atoms with Gasteiger partial charge in [0.1, 0.15) is 5.75 Å². The van der Waals surface area contributed by atoms with Crippen molar-refractivity contribution in [2.75, 3.05) is 39.2 Å². The number of methoxy groups -OCH3 is 1. The summed E-state index contributed by atoms with van der Waals surface area (Å²) in [7, 11) is 6.11. The van der Waals surface area contributed by atoms with Crippen LogP contribution >= 0.6 is 11.8 Å². The zero-order valence-electron chi connectivity index (χ0n) is 12.7. The number of fused-ring (bicyclic) bond motifs is 2. The summed E-state index contributed by atoms with van der Waals surface area (Å²) < 4.78 is 5.37. The van der Waals surface area contributed by atoms with Crippen LogP contribution in [-0.4, -0.2) is 34.3 Å². The highest BCUT2D eigenvalue weighted by molar-refractivity contribution is 7.99. The van der Waals surface area contributed by atoms with Crippen molar-refractivity contribution in [2.24, 2.45) is 0 Å². The number of nitrogens with zero attached hydrogens (tertiary/aromatic N) is 1. The molecular formula is C17H21N2OS+. The fourth-order valence-electron chi connectivity index (χ4n) is 2.52.